The van der Waals surface area contributed by atoms with E-state index in [4.69, 9.17) is 4.74 Å². The molecule has 1 aliphatic carbocycles. The quantitative estimate of drug-likeness (QED) is 0.572. The van der Waals surface area contributed by atoms with Gasteiger partial charge in [-0.05, 0) is 25.8 Å². The third-order valence-corrected chi connectivity index (χ3v) is 3.43. The van der Waals surface area contributed by atoms with E-state index in [-0.39, 0.29) is 30.9 Å². The lowest BCUT2D eigenvalue weighted by atomic mass is 9.97. The van der Waals surface area contributed by atoms with E-state index in [2.05, 4.69) is 11.9 Å². The molecule has 0 aromatic carbocycles. The second-order valence-corrected chi connectivity index (χ2v) is 4.96. The summed E-state index contributed by atoms with van der Waals surface area (Å²) < 4.78 is 5.05. The maximum absolute atomic E-state index is 12.0. The minimum absolute atomic E-state index is 0.105. The summed E-state index contributed by atoms with van der Waals surface area (Å²) in [7, 11) is 1.51. The van der Waals surface area contributed by atoms with Crippen LogP contribution in [0.3, 0.4) is 0 Å². The molecule has 0 bridgehead atoms. The van der Waals surface area contributed by atoms with Crippen molar-refractivity contribution in [2.75, 3.05) is 20.2 Å². The third kappa shape index (κ3) is 3.82. The standard InChI is InChI=1S/C14H22N2O4/c1-4-12(18)16(3)10-11(17)15-14(8-6-7-9-14)13(19)20-5-2/h4H,1,5-10H2,2-3H3,(H,15,17). The lowest BCUT2D eigenvalue weighted by Gasteiger charge is -2.28. The molecule has 1 saturated carbocycles. The van der Waals surface area contributed by atoms with Crippen LogP contribution in [0.1, 0.15) is 32.6 Å². The molecule has 0 atom stereocenters. The molecule has 2 amide bonds. The molecule has 0 aromatic rings. The molecule has 0 aliphatic heterocycles. The second-order valence-electron chi connectivity index (χ2n) is 4.96. The molecule has 0 heterocycles. The Bertz CT molecular complexity index is 400. The van der Waals surface area contributed by atoms with Crippen molar-refractivity contribution >= 4 is 17.8 Å². The highest BCUT2D eigenvalue weighted by molar-refractivity contribution is 5.93. The van der Waals surface area contributed by atoms with Crippen LogP contribution in [-0.4, -0.2) is 48.4 Å². The van der Waals surface area contributed by atoms with Gasteiger partial charge >= 0.3 is 5.97 Å². The molecule has 0 radical (unpaired) electrons. The van der Waals surface area contributed by atoms with Crippen LogP contribution in [0.5, 0.6) is 0 Å². The maximum atomic E-state index is 12.0. The first-order valence-electron chi connectivity index (χ1n) is 6.81. The normalized spacial score (nSPS) is 16.3. The predicted octanol–water partition coefficient (Wildman–Crippen LogP) is 0.623. The van der Waals surface area contributed by atoms with Crippen LogP contribution in [0, 0.1) is 0 Å². The summed E-state index contributed by atoms with van der Waals surface area (Å²) in [5.74, 6) is -1.09. The molecular formula is C14H22N2O4. The number of nitrogens with one attached hydrogen (secondary N) is 1. The fourth-order valence-electron chi connectivity index (χ4n) is 2.38. The van der Waals surface area contributed by atoms with E-state index in [1.807, 2.05) is 0 Å². The van der Waals surface area contributed by atoms with E-state index < -0.39 is 5.54 Å². The number of carbonyl (C=O) groups is 3. The maximum Gasteiger partial charge on any atom is 0.331 e. The van der Waals surface area contributed by atoms with Crippen molar-refractivity contribution in [1.29, 1.82) is 0 Å². The Kier molecular flexibility index (Phi) is 5.73. The number of nitrogens with zero attached hydrogens (tertiary/aromatic N) is 1. The van der Waals surface area contributed by atoms with Gasteiger partial charge in [0.1, 0.15) is 5.54 Å². The number of likely N-dealkylation sites (N-methyl/N-ethyl adjacent to an activating group) is 1. The Hall–Kier alpha value is -1.85. The Morgan fingerprint density at radius 3 is 2.45 bits per heavy atom. The van der Waals surface area contributed by atoms with Crippen LogP contribution in [0.25, 0.3) is 0 Å². The molecule has 6 nitrogen and oxygen atoms in total. The molecule has 0 aromatic heterocycles. The number of hydrogen-bond donors (Lipinski definition) is 1. The predicted molar refractivity (Wildman–Crippen MR) is 73.8 cm³/mol. The lowest BCUT2D eigenvalue weighted by molar-refractivity contribution is -0.153. The lowest BCUT2D eigenvalue weighted by Crippen LogP contribution is -2.55. The average molecular weight is 282 g/mol. The highest BCUT2D eigenvalue weighted by atomic mass is 16.5. The van der Waals surface area contributed by atoms with Gasteiger partial charge in [0.05, 0.1) is 13.2 Å². The number of carbonyl (C=O) groups excluding carboxylic acids is 3. The Labute approximate surface area is 119 Å². The first-order chi connectivity index (χ1) is 9.45. The highest BCUT2D eigenvalue weighted by Crippen LogP contribution is 2.30. The summed E-state index contributed by atoms with van der Waals surface area (Å²) in [5.41, 5.74) is -0.925. The Morgan fingerprint density at radius 2 is 1.95 bits per heavy atom. The molecular weight excluding hydrogens is 260 g/mol. The first-order valence-corrected chi connectivity index (χ1v) is 6.81. The number of amides is 2. The van der Waals surface area contributed by atoms with Gasteiger partial charge in [0.2, 0.25) is 11.8 Å². The molecule has 0 saturated heterocycles. The smallest absolute Gasteiger partial charge is 0.331 e. The van der Waals surface area contributed by atoms with Crippen molar-refractivity contribution in [2.24, 2.45) is 0 Å². The number of esters is 1. The second kappa shape index (κ2) is 7.07. The zero-order chi connectivity index (χ0) is 15.2. The van der Waals surface area contributed by atoms with Crippen LogP contribution in [0.4, 0.5) is 0 Å². The van der Waals surface area contributed by atoms with E-state index in [0.717, 1.165) is 18.9 Å². The van der Waals surface area contributed by atoms with E-state index in [1.165, 1.54) is 11.9 Å². The van der Waals surface area contributed by atoms with Crippen molar-refractivity contribution < 1.29 is 19.1 Å². The van der Waals surface area contributed by atoms with Gasteiger partial charge in [0.15, 0.2) is 0 Å². The van der Waals surface area contributed by atoms with Gasteiger partial charge in [-0.25, -0.2) is 4.79 Å². The zero-order valence-corrected chi connectivity index (χ0v) is 12.1. The van der Waals surface area contributed by atoms with Crippen molar-refractivity contribution in [3.63, 3.8) is 0 Å². The van der Waals surface area contributed by atoms with Gasteiger partial charge < -0.3 is 15.0 Å². The minimum atomic E-state index is -0.925. The van der Waals surface area contributed by atoms with Gasteiger partial charge in [0.25, 0.3) is 0 Å². The van der Waals surface area contributed by atoms with E-state index in [9.17, 15) is 14.4 Å². The monoisotopic (exact) mass is 282 g/mol. The van der Waals surface area contributed by atoms with Crippen LogP contribution in [-0.2, 0) is 19.1 Å². The molecule has 1 fully saturated rings. The SMILES string of the molecule is C=CC(=O)N(C)CC(=O)NC1(C(=O)OCC)CCCC1. The molecule has 1 rings (SSSR count). The van der Waals surface area contributed by atoms with Crippen molar-refractivity contribution in [2.45, 2.75) is 38.1 Å². The fraction of sp³-hybridized carbons (Fsp3) is 0.643. The van der Waals surface area contributed by atoms with E-state index >= 15 is 0 Å². The fourth-order valence-corrected chi connectivity index (χ4v) is 2.38. The molecule has 0 unspecified atom stereocenters. The third-order valence-electron chi connectivity index (χ3n) is 3.43. The summed E-state index contributed by atoms with van der Waals surface area (Å²) >= 11 is 0. The zero-order valence-electron chi connectivity index (χ0n) is 12.1. The molecule has 1 N–H and O–H groups in total. The Balaban J connectivity index is 2.66. The number of hydrogen-bond acceptors (Lipinski definition) is 4. The van der Waals surface area contributed by atoms with Gasteiger partial charge in [-0.15, -0.1) is 0 Å². The van der Waals surface area contributed by atoms with Crippen LogP contribution < -0.4 is 5.32 Å². The largest absolute Gasteiger partial charge is 0.464 e. The summed E-state index contributed by atoms with van der Waals surface area (Å²) in [6.45, 7) is 5.27. The van der Waals surface area contributed by atoms with Gasteiger partial charge in [0, 0.05) is 7.05 Å². The number of rotatable bonds is 6. The van der Waals surface area contributed by atoms with Crippen molar-refractivity contribution in [3.05, 3.63) is 12.7 Å². The van der Waals surface area contributed by atoms with Crippen molar-refractivity contribution in [1.82, 2.24) is 10.2 Å². The topological polar surface area (TPSA) is 75.7 Å². The van der Waals surface area contributed by atoms with E-state index in [0.29, 0.717) is 12.8 Å². The molecule has 1 aliphatic rings. The van der Waals surface area contributed by atoms with Crippen LogP contribution >= 0.6 is 0 Å². The molecule has 6 heteroatoms. The summed E-state index contributed by atoms with van der Waals surface area (Å²) in [6, 6.07) is 0. The van der Waals surface area contributed by atoms with Crippen LogP contribution in [0.2, 0.25) is 0 Å². The Morgan fingerprint density at radius 1 is 1.35 bits per heavy atom. The first kappa shape index (κ1) is 16.2. The van der Waals surface area contributed by atoms with Gasteiger partial charge in [-0.2, -0.15) is 0 Å². The number of ether oxygens (including phenoxy) is 1. The van der Waals surface area contributed by atoms with Gasteiger partial charge in [-0.3, -0.25) is 9.59 Å². The molecule has 0 spiro atoms. The minimum Gasteiger partial charge on any atom is -0.464 e. The summed E-state index contributed by atoms with van der Waals surface area (Å²) in [5, 5.41) is 2.75. The highest BCUT2D eigenvalue weighted by Gasteiger charge is 2.43. The van der Waals surface area contributed by atoms with E-state index in [1.54, 1.807) is 6.92 Å². The van der Waals surface area contributed by atoms with Crippen LogP contribution in [0.15, 0.2) is 12.7 Å². The molecule has 112 valence electrons. The van der Waals surface area contributed by atoms with Crippen molar-refractivity contribution in [3.8, 4) is 0 Å². The summed E-state index contributed by atoms with van der Waals surface area (Å²) in [6.07, 6.45) is 4.05. The summed E-state index contributed by atoms with van der Waals surface area (Å²) in [4.78, 5) is 36.6. The average Bonchev–Trinajstić information content (AvgIpc) is 2.87. The molecule has 20 heavy (non-hydrogen) atoms. The van der Waals surface area contributed by atoms with Gasteiger partial charge in [-0.1, -0.05) is 19.4 Å².